The van der Waals surface area contributed by atoms with Crippen LogP contribution in [0.3, 0.4) is 0 Å². The van der Waals surface area contributed by atoms with Gasteiger partial charge in [-0.2, -0.15) is 0 Å². The molecule has 5 heteroatoms. The molecule has 78 valence electrons. The van der Waals surface area contributed by atoms with E-state index in [0.717, 1.165) is 22.5 Å². The first-order valence-electron chi connectivity index (χ1n) is 4.57. The molecular weight excluding hydrogens is 194 g/mol. The third-order valence-corrected chi connectivity index (χ3v) is 2.04. The highest BCUT2D eigenvalue weighted by Gasteiger charge is 2.01. The Morgan fingerprint density at radius 3 is 3.13 bits per heavy atom. The van der Waals surface area contributed by atoms with Crippen LogP contribution in [0.5, 0.6) is 0 Å². The maximum atomic E-state index is 10.4. The minimum Gasteiger partial charge on any atom is -0.480 e. The number of fused-ring (bicyclic) bond motifs is 1. The van der Waals surface area contributed by atoms with Crippen LogP contribution >= 0.6 is 0 Å². The molecule has 0 saturated heterocycles. The van der Waals surface area contributed by atoms with Crippen LogP contribution in [0.2, 0.25) is 0 Å². The number of nitrogens with one attached hydrogen (secondary N) is 2. The number of aliphatic carboxylic acids is 1. The number of carboxylic acid groups (broad SMARTS) is 1. The second kappa shape index (κ2) is 3.61. The molecule has 2 rings (SSSR count). The van der Waals surface area contributed by atoms with Gasteiger partial charge >= 0.3 is 5.97 Å². The smallest absolute Gasteiger partial charge is 0.322 e. The molecule has 0 unspecified atom stereocenters. The fraction of sp³-hybridized carbons (Fsp3) is 0.200. The van der Waals surface area contributed by atoms with Crippen molar-refractivity contribution in [2.45, 2.75) is 6.92 Å². The van der Waals surface area contributed by atoms with E-state index in [1.807, 2.05) is 25.1 Å². The summed E-state index contributed by atoms with van der Waals surface area (Å²) in [6, 6.07) is 5.51. The van der Waals surface area contributed by atoms with Crippen molar-refractivity contribution in [2.24, 2.45) is 0 Å². The number of imidazole rings is 1. The number of benzene rings is 1. The molecule has 0 radical (unpaired) electrons. The maximum absolute atomic E-state index is 10.4. The Bertz CT molecular complexity index is 504. The van der Waals surface area contributed by atoms with Gasteiger partial charge in [0.1, 0.15) is 12.4 Å². The Hall–Kier alpha value is -2.04. The van der Waals surface area contributed by atoms with Crippen LogP contribution < -0.4 is 5.32 Å². The predicted octanol–water partition coefficient (Wildman–Crippen LogP) is 1.37. The average Bonchev–Trinajstić information content (AvgIpc) is 2.53. The van der Waals surface area contributed by atoms with Crippen LogP contribution in [-0.4, -0.2) is 27.6 Å². The normalized spacial score (nSPS) is 10.5. The van der Waals surface area contributed by atoms with Crippen molar-refractivity contribution in [2.75, 3.05) is 11.9 Å². The Morgan fingerprint density at radius 1 is 1.60 bits per heavy atom. The van der Waals surface area contributed by atoms with E-state index in [-0.39, 0.29) is 6.54 Å². The zero-order valence-corrected chi connectivity index (χ0v) is 8.24. The third kappa shape index (κ3) is 2.07. The van der Waals surface area contributed by atoms with E-state index in [4.69, 9.17) is 5.11 Å². The highest BCUT2D eigenvalue weighted by atomic mass is 16.4. The Kier molecular flexibility index (Phi) is 2.29. The topological polar surface area (TPSA) is 78.0 Å². The van der Waals surface area contributed by atoms with E-state index in [9.17, 15) is 4.79 Å². The molecule has 3 N–H and O–H groups in total. The molecule has 0 saturated carbocycles. The predicted molar refractivity (Wildman–Crippen MR) is 57.0 cm³/mol. The van der Waals surface area contributed by atoms with Crippen molar-refractivity contribution < 1.29 is 9.90 Å². The van der Waals surface area contributed by atoms with Gasteiger partial charge in [0.05, 0.1) is 11.0 Å². The number of hydrogen-bond donors (Lipinski definition) is 3. The number of nitrogens with zero attached hydrogens (tertiary/aromatic N) is 1. The van der Waals surface area contributed by atoms with Gasteiger partial charge < -0.3 is 15.4 Å². The lowest BCUT2D eigenvalue weighted by Gasteiger charge is -2.02. The number of anilines is 1. The number of rotatable bonds is 3. The SMILES string of the molecule is Cc1nc2ccc(NCC(=O)O)cc2[nH]1. The van der Waals surface area contributed by atoms with Crippen LogP contribution in [0.15, 0.2) is 18.2 Å². The van der Waals surface area contributed by atoms with E-state index in [1.165, 1.54) is 0 Å². The molecule has 1 heterocycles. The lowest BCUT2D eigenvalue weighted by Crippen LogP contribution is -2.12. The zero-order chi connectivity index (χ0) is 10.8. The van der Waals surface area contributed by atoms with E-state index >= 15 is 0 Å². The first-order valence-corrected chi connectivity index (χ1v) is 4.57. The van der Waals surface area contributed by atoms with Crippen molar-refractivity contribution in [3.8, 4) is 0 Å². The minimum atomic E-state index is -0.879. The standard InChI is InChI=1S/C10H11N3O2/c1-6-12-8-3-2-7(4-9(8)13-6)11-5-10(14)15/h2-4,11H,5H2,1H3,(H,12,13)(H,14,15). The highest BCUT2D eigenvalue weighted by molar-refractivity contribution is 5.80. The van der Waals surface area contributed by atoms with E-state index in [2.05, 4.69) is 15.3 Å². The molecule has 1 aromatic carbocycles. The molecule has 0 amide bonds. The van der Waals surface area contributed by atoms with Crippen LogP contribution in [0.4, 0.5) is 5.69 Å². The molecule has 15 heavy (non-hydrogen) atoms. The van der Waals surface area contributed by atoms with Gasteiger partial charge in [-0.25, -0.2) is 4.98 Å². The van der Waals surface area contributed by atoms with Crippen LogP contribution in [-0.2, 0) is 4.79 Å². The van der Waals surface area contributed by atoms with Crippen molar-refractivity contribution in [1.82, 2.24) is 9.97 Å². The first-order chi connectivity index (χ1) is 7.15. The lowest BCUT2D eigenvalue weighted by atomic mass is 10.3. The number of aromatic nitrogens is 2. The third-order valence-electron chi connectivity index (χ3n) is 2.04. The average molecular weight is 205 g/mol. The van der Waals surface area contributed by atoms with Crippen molar-refractivity contribution in [3.05, 3.63) is 24.0 Å². The second-order valence-electron chi connectivity index (χ2n) is 3.30. The Labute approximate surface area is 86.1 Å². The van der Waals surface area contributed by atoms with Crippen LogP contribution in [0, 0.1) is 6.92 Å². The summed E-state index contributed by atoms with van der Waals surface area (Å²) in [5.41, 5.74) is 2.56. The summed E-state index contributed by atoms with van der Waals surface area (Å²) in [5.74, 6) is -0.0312. The summed E-state index contributed by atoms with van der Waals surface area (Å²) in [6.07, 6.45) is 0. The van der Waals surface area contributed by atoms with E-state index < -0.39 is 5.97 Å². The largest absolute Gasteiger partial charge is 0.480 e. The van der Waals surface area contributed by atoms with Crippen molar-refractivity contribution >= 4 is 22.7 Å². The number of aryl methyl sites for hydroxylation is 1. The highest BCUT2D eigenvalue weighted by Crippen LogP contribution is 2.16. The molecule has 2 aromatic rings. The van der Waals surface area contributed by atoms with Crippen LogP contribution in [0.25, 0.3) is 11.0 Å². The minimum absolute atomic E-state index is 0.0847. The first kappa shape index (κ1) is 9.51. The number of hydrogen-bond acceptors (Lipinski definition) is 3. The number of carbonyl (C=O) groups is 1. The molecule has 0 aliphatic carbocycles. The Balaban J connectivity index is 2.26. The molecule has 0 atom stereocenters. The molecule has 0 spiro atoms. The second-order valence-corrected chi connectivity index (χ2v) is 3.30. The summed E-state index contributed by atoms with van der Waals surface area (Å²) in [5, 5.41) is 11.3. The fourth-order valence-corrected chi connectivity index (χ4v) is 1.42. The summed E-state index contributed by atoms with van der Waals surface area (Å²) in [4.78, 5) is 17.7. The van der Waals surface area contributed by atoms with Gasteiger partial charge in [-0.1, -0.05) is 0 Å². The molecule has 0 fully saturated rings. The van der Waals surface area contributed by atoms with Crippen LogP contribution in [0.1, 0.15) is 5.82 Å². The maximum Gasteiger partial charge on any atom is 0.322 e. The van der Waals surface area contributed by atoms with Gasteiger partial charge in [-0.05, 0) is 25.1 Å². The molecule has 0 bridgehead atoms. The lowest BCUT2D eigenvalue weighted by molar-refractivity contribution is -0.134. The van der Waals surface area contributed by atoms with Crippen molar-refractivity contribution in [1.29, 1.82) is 0 Å². The number of carboxylic acids is 1. The van der Waals surface area contributed by atoms with E-state index in [1.54, 1.807) is 0 Å². The van der Waals surface area contributed by atoms with E-state index in [0.29, 0.717) is 0 Å². The zero-order valence-electron chi connectivity index (χ0n) is 8.24. The van der Waals surface area contributed by atoms with Gasteiger partial charge in [0.25, 0.3) is 0 Å². The quantitative estimate of drug-likeness (QED) is 0.707. The van der Waals surface area contributed by atoms with Gasteiger partial charge in [0.2, 0.25) is 0 Å². The van der Waals surface area contributed by atoms with Gasteiger partial charge in [0.15, 0.2) is 0 Å². The molecule has 1 aromatic heterocycles. The molecule has 0 aliphatic rings. The number of H-pyrrole nitrogens is 1. The summed E-state index contributed by atoms with van der Waals surface area (Å²) >= 11 is 0. The molecule has 0 aliphatic heterocycles. The van der Waals surface area contributed by atoms with Crippen molar-refractivity contribution in [3.63, 3.8) is 0 Å². The summed E-state index contributed by atoms with van der Waals surface area (Å²) in [6.45, 7) is 1.79. The van der Waals surface area contributed by atoms with Gasteiger partial charge in [-0.15, -0.1) is 0 Å². The Morgan fingerprint density at radius 2 is 2.40 bits per heavy atom. The summed E-state index contributed by atoms with van der Waals surface area (Å²) in [7, 11) is 0. The number of aromatic amines is 1. The monoisotopic (exact) mass is 205 g/mol. The molecule has 5 nitrogen and oxygen atoms in total. The fourth-order valence-electron chi connectivity index (χ4n) is 1.42. The molecular formula is C10H11N3O2. The van der Waals surface area contributed by atoms with Gasteiger partial charge in [-0.3, -0.25) is 4.79 Å². The summed E-state index contributed by atoms with van der Waals surface area (Å²) < 4.78 is 0. The van der Waals surface area contributed by atoms with Gasteiger partial charge in [0, 0.05) is 5.69 Å².